The summed E-state index contributed by atoms with van der Waals surface area (Å²) in [7, 11) is 1.51. The van der Waals surface area contributed by atoms with Gasteiger partial charge in [-0.05, 0) is 41.5 Å². The highest BCUT2D eigenvalue weighted by atomic mass is 79.9. The number of ether oxygens (including phenoxy) is 1. The van der Waals surface area contributed by atoms with Crippen LogP contribution in [0.25, 0.3) is 0 Å². The van der Waals surface area contributed by atoms with Gasteiger partial charge in [0.1, 0.15) is 5.82 Å². The first-order valence-corrected chi connectivity index (χ1v) is 6.90. The SMILES string of the molecule is COc1cc(CNCc2cc(F)ccc2Br)ccc1O. The van der Waals surface area contributed by atoms with Gasteiger partial charge in [0.05, 0.1) is 7.11 Å². The number of benzene rings is 2. The summed E-state index contributed by atoms with van der Waals surface area (Å²) in [5, 5.41) is 12.7. The average molecular weight is 340 g/mol. The molecule has 0 saturated heterocycles. The van der Waals surface area contributed by atoms with Crippen molar-refractivity contribution in [2.24, 2.45) is 0 Å². The van der Waals surface area contributed by atoms with E-state index in [2.05, 4.69) is 21.2 Å². The van der Waals surface area contributed by atoms with Crippen molar-refractivity contribution in [2.45, 2.75) is 13.1 Å². The minimum atomic E-state index is -0.253. The Hall–Kier alpha value is -1.59. The molecule has 0 spiro atoms. The van der Waals surface area contributed by atoms with Crippen LogP contribution >= 0.6 is 15.9 Å². The van der Waals surface area contributed by atoms with Gasteiger partial charge in [-0.1, -0.05) is 22.0 Å². The number of rotatable bonds is 5. The molecule has 2 rings (SSSR count). The van der Waals surface area contributed by atoms with Gasteiger partial charge >= 0.3 is 0 Å². The molecule has 0 amide bonds. The van der Waals surface area contributed by atoms with Crippen LogP contribution in [-0.2, 0) is 13.1 Å². The number of hydrogen-bond acceptors (Lipinski definition) is 3. The van der Waals surface area contributed by atoms with Gasteiger partial charge < -0.3 is 15.2 Å². The van der Waals surface area contributed by atoms with Crippen LogP contribution in [0.15, 0.2) is 40.9 Å². The topological polar surface area (TPSA) is 41.5 Å². The molecular formula is C15H15BrFNO2. The maximum Gasteiger partial charge on any atom is 0.160 e. The van der Waals surface area contributed by atoms with Gasteiger partial charge in [0.15, 0.2) is 11.5 Å². The smallest absolute Gasteiger partial charge is 0.160 e. The molecule has 0 radical (unpaired) electrons. The molecule has 0 aliphatic heterocycles. The van der Waals surface area contributed by atoms with Crippen LogP contribution in [0.3, 0.4) is 0 Å². The second-order valence-electron chi connectivity index (χ2n) is 4.35. The number of aromatic hydroxyl groups is 1. The number of methoxy groups -OCH3 is 1. The number of halogens is 2. The van der Waals surface area contributed by atoms with Gasteiger partial charge in [-0.25, -0.2) is 4.39 Å². The molecule has 0 aliphatic rings. The molecule has 106 valence electrons. The van der Waals surface area contributed by atoms with Crippen LogP contribution in [0, 0.1) is 5.82 Å². The lowest BCUT2D eigenvalue weighted by atomic mass is 10.2. The Kier molecular flexibility index (Phi) is 4.98. The summed E-state index contributed by atoms with van der Waals surface area (Å²) in [6.07, 6.45) is 0. The van der Waals surface area contributed by atoms with E-state index in [-0.39, 0.29) is 11.6 Å². The quantitative estimate of drug-likeness (QED) is 0.874. The Morgan fingerprint density at radius 3 is 2.75 bits per heavy atom. The average Bonchev–Trinajstić information content (AvgIpc) is 2.44. The fourth-order valence-corrected chi connectivity index (χ4v) is 2.24. The second-order valence-corrected chi connectivity index (χ2v) is 5.20. The Bertz CT molecular complexity index is 604. The third-order valence-corrected chi connectivity index (χ3v) is 3.67. The molecule has 0 atom stereocenters. The summed E-state index contributed by atoms with van der Waals surface area (Å²) in [5.41, 5.74) is 1.84. The lowest BCUT2D eigenvalue weighted by Gasteiger charge is -2.09. The molecule has 0 heterocycles. The van der Waals surface area contributed by atoms with Crippen LogP contribution in [-0.4, -0.2) is 12.2 Å². The van der Waals surface area contributed by atoms with Crippen molar-refractivity contribution in [3.63, 3.8) is 0 Å². The molecule has 2 aromatic rings. The number of phenolic OH excluding ortho intramolecular Hbond substituents is 1. The van der Waals surface area contributed by atoms with Gasteiger partial charge in [-0.2, -0.15) is 0 Å². The van der Waals surface area contributed by atoms with Crippen LogP contribution in [0.2, 0.25) is 0 Å². The highest BCUT2D eigenvalue weighted by Crippen LogP contribution is 2.26. The minimum Gasteiger partial charge on any atom is -0.504 e. The molecule has 0 unspecified atom stereocenters. The van der Waals surface area contributed by atoms with Crippen molar-refractivity contribution in [3.05, 3.63) is 57.8 Å². The normalized spacial score (nSPS) is 10.6. The highest BCUT2D eigenvalue weighted by molar-refractivity contribution is 9.10. The second kappa shape index (κ2) is 6.72. The summed E-state index contributed by atoms with van der Waals surface area (Å²) in [6, 6.07) is 9.77. The van der Waals surface area contributed by atoms with E-state index < -0.39 is 0 Å². The molecule has 5 heteroatoms. The Morgan fingerprint density at radius 1 is 1.20 bits per heavy atom. The Labute approximate surface area is 125 Å². The summed E-state index contributed by atoms with van der Waals surface area (Å²) in [4.78, 5) is 0. The molecule has 0 saturated carbocycles. The van der Waals surface area contributed by atoms with E-state index in [9.17, 15) is 9.50 Å². The van der Waals surface area contributed by atoms with Crippen molar-refractivity contribution in [3.8, 4) is 11.5 Å². The molecule has 3 nitrogen and oxygen atoms in total. The fraction of sp³-hybridized carbons (Fsp3) is 0.200. The van der Waals surface area contributed by atoms with Crippen molar-refractivity contribution >= 4 is 15.9 Å². The lowest BCUT2D eigenvalue weighted by Crippen LogP contribution is -2.13. The van der Waals surface area contributed by atoms with Crippen molar-refractivity contribution < 1.29 is 14.2 Å². The van der Waals surface area contributed by atoms with Crippen LogP contribution in [0.1, 0.15) is 11.1 Å². The van der Waals surface area contributed by atoms with Crippen molar-refractivity contribution in [1.29, 1.82) is 0 Å². The molecule has 0 aromatic heterocycles. The molecule has 20 heavy (non-hydrogen) atoms. The first kappa shape index (κ1) is 14.8. The van der Waals surface area contributed by atoms with Gasteiger partial charge in [0.25, 0.3) is 0 Å². The number of nitrogens with one attached hydrogen (secondary N) is 1. The monoisotopic (exact) mass is 339 g/mol. The Morgan fingerprint density at radius 2 is 2.00 bits per heavy atom. The van der Waals surface area contributed by atoms with E-state index in [0.29, 0.717) is 18.8 Å². The number of phenols is 1. The van der Waals surface area contributed by atoms with E-state index in [1.807, 2.05) is 6.07 Å². The maximum absolute atomic E-state index is 13.1. The molecule has 2 aromatic carbocycles. The van der Waals surface area contributed by atoms with Crippen molar-refractivity contribution in [1.82, 2.24) is 5.32 Å². The predicted octanol–water partition coefficient (Wildman–Crippen LogP) is 3.59. The van der Waals surface area contributed by atoms with E-state index in [1.54, 1.807) is 18.2 Å². The third-order valence-electron chi connectivity index (χ3n) is 2.90. The van der Waals surface area contributed by atoms with E-state index in [4.69, 9.17) is 4.74 Å². The third kappa shape index (κ3) is 3.71. The lowest BCUT2D eigenvalue weighted by molar-refractivity contribution is 0.373. The molecule has 0 aliphatic carbocycles. The number of hydrogen-bond donors (Lipinski definition) is 2. The van der Waals surface area contributed by atoms with Crippen LogP contribution in [0.4, 0.5) is 4.39 Å². The minimum absolute atomic E-state index is 0.115. The Balaban J connectivity index is 1.97. The zero-order valence-corrected chi connectivity index (χ0v) is 12.6. The standard InChI is InChI=1S/C15H15BrFNO2/c1-20-15-6-10(2-5-14(15)19)8-18-9-11-7-12(17)3-4-13(11)16/h2-7,18-19H,8-9H2,1H3. The molecule has 0 fully saturated rings. The van der Waals surface area contributed by atoms with E-state index in [0.717, 1.165) is 15.6 Å². The molecular weight excluding hydrogens is 325 g/mol. The van der Waals surface area contributed by atoms with Gasteiger partial charge in [0, 0.05) is 17.6 Å². The largest absolute Gasteiger partial charge is 0.504 e. The summed E-state index contributed by atoms with van der Waals surface area (Å²) < 4.78 is 19.1. The van der Waals surface area contributed by atoms with Gasteiger partial charge in [-0.3, -0.25) is 0 Å². The summed E-state index contributed by atoms with van der Waals surface area (Å²) >= 11 is 3.39. The van der Waals surface area contributed by atoms with E-state index in [1.165, 1.54) is 19.2 Å². The van der Waals surface area contributed by atoms with Crippen LogP contribution < -0.4 is 10.1 Å². The molecule has 2 N–H and O–H groups in total. The van der Waals surface area contributed by atoms with Gasteiger partial charge in [-0.15, -0.1) is 0 Å². The highest BCUT2D eigenvalue weighted by Gasteiger charge is 2.04. The first-order chi connectivity index (χ1) is 9.60. The predicted molar refractivity (Wildman–Crippen MR) is 79.3 cm³/mol. The molecule has 0 bridgehead atoms. The fourth-order valence-electron chi connectivity index (χ4n) is 1.85. The van der Waals surface area contributed by atoms with Crippen molar-refractivity contribution in [2.75, 3.05) is 7.11 Å². The first-order valence-electron chi connectivity index (χ1n) is 6.10. The van der Waals surface area contributed by atoms with Crippen LogP contribution in [0.5, 0.6) is 11.5 Å². The van der Waals surface area contributed by atoms with E-state index >= 15 is 0 Å². The summed E-state index contributed by atoms with van der Waals surface area (Å²) in [5.74, 6) is 0.302. The maximum atomic E-state index is 13.1. The zero-order chi connectivity index (χ0) is 14.5. The zero-order valence-electron chi connectivity index (χ0n) is 11.0. The van der Waals surface area contributed by atoms with Gasteiger partial charge in [0.2, 0.25) is 0 Å². The summed E-state index contributed by atoms with van der Waals surface area (Å²) in [6.45, 7) is 1.14.